The molecular formula is C10H20N2O3S. The highest BCUT2D eigenvalue weighted by Crippen LogP contribution is 2.22. The number of sulfone groups is 1. The third-order valence-electron chi connectivity index (χ3n) is 2.75. The standard InChI is InChI=1S/C10H20N2O3S/c1-3-5-11-9(13)7-12-10(2)4-6-16(14,15)8-10/h12H,3-8H2,1-2H3,(H,11,13). The van der Waals surface area contributed by atoms with Gasteiger partial charge in [-0.2, -0.15) is 0 Å². The summed E-state index contributed by atoms with van der Waals surface area (Å²) in [4.78, 5) is 11.3. The van der Waals surface area contributed by atoms with Gasteiger partial charge in [0.15, 0.2) is 9.84 Å². The van der Waals surface area contributed by atoms with Crippen molar-refractivity contribution < 1.29 is 13.2 Å². The molecule has 0 radical (unpaired) electrons. The Balaban J connectivity index is 2.35. The molecule has 0 spiro atoms. The summed E-state index contributed by atoms with van der Waals surface area (Å²) in [5.41, 5.74) is -0.442. The molecule has 1 saturated heterocycles. The molecule has 0 aliphatic carbocycles. The van der Waals surface area contributed by atoms with Crippen LogP contribution in [0, 0.1) is 0 Å². The van der Waals surface area contributed by atoms with Gasteiger partial charge >= 0.3 is 0 Å². The first-order valence-corrected chi connectivity index (χ1v) is 7.41. The van der Waals surface area contributed by atoms with Gasteiger partial charge in [0, 0.05) is 12.1 Å². The number of carbonyl (C=O) groups excluding carboxylic acids is 1. The van der Waals surface area contributed by atoms with E-state index in [0.29, 0.717) is 13.0 Å². The second-order valence-corrected chi connectivity index (χ2v) is 6.79. The van der Waals surface area contributed by atoms with Crippen molar-refractivity contribution in [2.75, 3.05) is 24.6 Å². The Morgan fingerprint density at radius 1 is 1.44 bits per heavy atom. The molecule has 1 aliphatic rings. The van der Waals surface area contributed by atoms with Gasteiger partial charge in [-0.3, -0.25) is 4.79 Å². The average molecular weight is 248 g/mol. The third kappa shape index (κ3) is 4.09. The van der Waals surface area contributed by atoms with Crippen LogP contribution in [0.1, 0.15) is 26.7 Å². The van der Waals surface area contributed by atoms with Crippen molar-refractivity contribution in [3.8, 4) is 0 Å². The van der Waals surface area contributed by atoms with Crippen LogP contribution < -0.4 is 10.6 Å². The number of carbonyl (C=O) groups is 1. The lowest BCUT2D eigenvalue weighted by Gasteiger charge is -2.23. The van der Waals surface area contributed by atoms with Gasteiger partial charge in [0.05, 0.1) is 18.1 Å². The van der Waals surface area contributed by atoms with E-state index in [1.54, 1.807) is 0 Å². The minimum atomic E-state index is -2.91. The molecule has 5 nitrogen and oxygen atoms in total. The Morgan fingerprint density at radius 2 is 2.12 bits per heavy atom. The molecule has 1 rings (SSSR count). The first-order valence-electron chi connectivity index (χ1n) is 5.59. The van der Waals surface area contributed by atoms with E-state index < -0.39 is 15.4 Å². The summed E-state index contributed by atoms with van der Waals surface area (Å²) in [7, 11) is -2.91. The lowest BCUT2D eigenvalue weighted by Crippen LogP contribution is -2.48. The predicted octanol–water partition coefficient (Wildman–Crippen LogP) is -0.321. The zero-order valence-corrected chi connectivity index (χ0v) is 10.7. The highest BCUT2D eigenvalue weighted by molar-refractivity contribution is 7.91. The first kappa shape index (κ1) is 13.4. The molecule has 0 aromatic rings. The molecule has 94 valence electrons. The second-order valence-electron chi connectivity index (χ2n) is 4.61. The van der Waals surface area contributed by atoms with Crippen LogP contribution in [0.15, 0.2) is 0 Å². The Bertz CT molecular complexity index is 353. The number of amides is 1. The van der Waals surface area contributed by atoms with E-state index in [-0.39, 0.29) is 24.0 Å². The van der Waals surface area contributed by atoms with Crippen molar-refractivity contribution in [1.82, 2.24) is 10.6 Å². The molecule has 2 N–H and O–H groups in total. The fraction of sp³-hybridized carbons (Fsp3) is 0.900. The SMILES string of the molecule is CCCNC(=O)CNC1(C)CCS(=O)(=O)C1. The van der Waals surface area contributed by atoms with Crippen LogP contribution in [0.5, 0.6) is 0 Å². The van der Waals surface area contributed by atoms with Gasteiger partial charge in [-0.1, -0.05) is 6.92 Å². The van der Waals surface area contributed by atoms with E-state index in [1.807, 2.05) is 13.8 Å². The van der Waals surface area contributed by atoms with Gasteiger partial charge in [-0.15, -0.1) is 0 Å². The molecule has 6 heteroatoms. The topological polar surface area (TPSA) is 75.3 Å². The van der Waals surface area contributed by atoms with Gasteiger partial charge in [-0.25, -0.2) is 8.42 Å². The van der Waals surface area contributed by atoms with Crippen LogP contribution in [0.25, 0.3) is 0 Å². The van der Waals surface area contributed by atoms with Crippen LogP contribution in [-0.4, -0.2) is 44.5 Å². The molecule has 0 aromatic carbocycles. The summed E-state index contributed by atoms with van der Waals surface area (Å²) in [6.45, 7) is 4.69. The van der Waals surface area contributed by atoms with Crippen LogP contribution in [0.3, 0.4) is 0 Å². The van der Waals surface area contributed by atoms with Crippen molar-refractivity contribution in [3.05, 3.63) is 0 Å². The van der Waals surface area contributed by atoms with E-state index in [0.717, 1.165) is 6.42 Å². The minimum Gasteiger partial charge on any atom is -0.355 e. The highest BCUT2D eigenvalue weighted by Gasteiger charge is 2.38. The van der Waals surface area contributed by atoms with Gasteiger partial charge in [-0.05, 0) is 19.8 Å². The quantitative estimate of drug-likeness (QED) is 0.699. The van der Waals surface area contributed by atoms with Crippen LogP contribution in [0.4, 0.5) is 0 Å². The van der Waals surface area contributed by atoms with Crippen LogP contribution in [-0.2, 0) is 14.6 Å². The summed E-state index contributed by atoms with van der Waals surface area (Å²) >= 11 is 0. The summed E-state index contributed by atoms with van der Waals surface area (Å²) in [5.74, 6) is 0.265. The summed E-state index contributed by atoms with van der Waals surface area (Å²) < 4.78 is 22.6. The zero-order chi connectivity index (χ0) is 12.2. The Hall–Kier alpha value is -0.620. The normalized spacial score (nSPS) is 27.9. The maximum Gasteiger partial charge on any atom is 0.233 e. The van der Waals surface area contributed by atoms with Gasteiger partial charge in [0.2, 0.25) is 5.91 Å². The molecular weight excluding hydrogens is 228 g/mol. The minimum absolute atomic E-state index is 0.0765. The van der Waals surface area contributed by atoms with Crippen LogP contribution >= 0.6 is 0 Å². The molecule has 1 atom stereocenters. The van der Waals surface area contributed by atoms with Crippen LogP contribution in [0.2, 0.25) is 0 Å². The lowest BCUT2D eigenvalue weighted by atomic mass is 10.0. The molecule has 0 bridgehead atoms. The van der Waals surface area contributed by atoms with Crippen molar-refractivity contribution in [2.45, 2.75) is 32.2 Å². The van der Waals surface area contributed by atoms with Gasteiger partial charge in [0.1, 0.15) is 0 Å². The molecule has 16 heavy (non-hydrogen) atoms. The Kier molecular flexibility index (Phi) is 4.32. The average Bonchev–Trinajstić information content (AvgIpc) is 2.48. The second kappa shape index (κ2) is 5.14. The molecule has 1 heterocycles. The van der Waals surface area contributed by atoms with Gasteiger partial charge < -0.3 is 10.6 Å². The molecule has 1 unspecified atom stereocenters. The monoisotopic (exact) mass is 248 g/mol. The maximum absolute atomic E-state index is 11.3. The van der Waals surface area contributed by atoms with Crippen molar-refractivity contribution in [3.63, 3.8) is 0 Å². The number of hydrogen-bond donors (Lipinski definition) is 2. The van der Waals surface area contributed by atoms with E-state index in [1.165, 1.54) is 0 Å². The fourth-order valence-electron chi connectivity index (χ4n) is 1.77. The van der Waals surface area contributed by atoms with E-state index in [9.17, 15) is 13.2 Å². The molecule has 0 aromatic heterocycles. The zero-order valence-electron chi connectivity index (χ0n) is 9.88. The smallest absolute Gasteiger partial charge is 0.233 e. The largest absolute Gasteiger partial charge is 0.355 e. The number of hydrogen-bond acceptors (Lipinski definition) is 4. The van der Waals surface area contributed by atoms with E-state index in [2.05, 4.69) is 10.6 Å². The number of rotatable bonds is 5. The number of nitrogens with one attached hydrogen (secondary N) is 2. The van der Waals surface area contributed by atoms with E-state index >= 15 is 0 Å². The fourth-order valence-corrected chi connectivity index (χ4v) is 3.89. The Labute approximate surface area is 96.9 Å². The Morgan fingerprint density at radius 3 is 2.62 bits per heavy atom. The maximum atomic E-state index is 11.3. The molecule has 1 amide bonds. The first-order chi connectivity index (χ1) is 7.37. The van der Waals surface area contributed by atoms with Crippen molar-refractivity contribution >= 4 is 15.7 Å². The van der Waals surface area contributed by atoms with E-state index in [4.69, 9.17) is 0 Å². The third-order valence-corrected chi connectivity index (χ3v) is 4.65. The summed E-state index contributed by atoms with van der Waals surface area (Å²) in [6.07, 6.45) is 1.48. The lowest BCUT2D eigenvalue weighted by molar-refractivity contribution is -0.120. The summed E-state index contributed by atoms with van der Waals surface area (Å²) in [6, 6.07) is 0. The molecule has 1 aliphatic heterocycles. The molecule has 1 fully saturated rings. The van der Waals surface area contributed by atoms with Crippen molar-refractivity contribution in [1.29, 1.82) is 0 Å². The van der Waals surface area contributed by atoms with Gasteiger partial charge in [0.25, 0.3) is 0 Å². The predicted molar refractivity (Wildman–Crippen MR) is 63.0 cm³/mol. The van der Waals surface area contributed by atoms with Crippen molar-refractivity contribution in [2.24, 2.45) is 0 Å². The highest BCUT2D eigenvalue weighted by atomic mass is 32.2. The summed E-state index contributed by atoms with van der Waals surface area (Å²) in [5, 5.41) is 5.77. The molecule has 0 saturated carbocycles.